The van der Waals surface area contributed by atoms with Crippen LogP contribution in [0.4, 0.5) is 14.5 Å². The highest BCUT2D eigenvalue weighted by molar-refractivity contribution is 8.00. The average Bonchev–Trinajstić information content (AvgIpc) is 2.82. The Bertz CT molecular complexity index is 535. The molecule has 2 atom stereocenters. The molecule has 0 bridgehead atoms. The fourth-order valence-electron chi connectivity index (χ4n) is 2.46. The summed E-state index contributed by atoms with van der Waals surface area (Å²) in [5.41, 5.74) is -0.195. The minimum atomic E-state index is -0.636. The van der Waals surface area contributed by atoms with E-state index in [4.69, 9.17) is 0 Å². The van der Waals surface area contributed by atoms with Gasteiger partial charge >= 0.3 is 0 Å². The number of carbonyl (C=O) groups excluding carboxylic acids is 1. The van der Waals surface area contributed by atoms with Crippen molar-refractivity contribution >= 4 is 23.4 Å². The van der Waals surface area contributed by atoms with E-state index in [1.54, 1.807) is 0 Å². The van der Waals surface area contributed by atoms with Crippen LogP contribution in [0.2, 0.25) is 0 Å². The predicted octanol–water partition coefficient (Wildman–Crippen LogP) is 1.88. The molecule has 0 saturated carbocycles. The molecule has 1 aromatic rings. The van der Waals surface area contributed by atoms with E-state index in [0.717, 1.165) is 25.5 Å². The molecule has 108 valence electrons. The number of piperidine rings is 1. The van der Waals surface area contributed by atoms with Crippen molar-refractivity contribution in [1.29, 1.82) is 0 Å². The lowest BCUT2D eigenvalue weighted by atomic mass is 9.99. The largest absolute Gasteiger partial charge is 0.353 e. The molecule has 2 aliphatic rings. The van der Waals surface area contributed by atoms with E-state index in [-0.39, 0.29) is 17.5 Å². The van der Waals surface area contributed by atoms with E-state index < -0.39 is 17.1 Å². The summed E-state index contributed by atoms with van der Waals surface area (Å²) < 4.78 is 26.7. The van der Waals surface area contributed by atoms with Crippen molar-refractivity contribution in [3.63, 3.8) is 0 Å². The van der Waals surface area contributed by atoms with Crippen LogP contribution >= 0.6 is 11.8 Å². The molecule has 0 spiro atoms. The molecule has 3 rings (SSSR count). The molecule has 1 fully saturated rings. The molecule has 3 N–H and O–H groups in total. The van der Waals surface area contributed by atoms with Crippen LogP contribution in [0.25, 0.3) is 0 Å². The highest BCUT2D eigenvalue weighted by atomic mass is 32.2. The summed E-state index contributed by atoms with van der Waals surface area (Å²) in [5, 5.41) is 8.87. The second kappa shape index (κ2) is 5.57. The summed E-state index contributed by atoms with van der Waals surface area (Å²) in [7, 11) is 0. The summed E-state index contributed by atoms with van der Waals surface area (Å²) in [6, 6.07) is 2.10. The zero-order valence-electron chi connectivity index (χ0n) is 10.7. The van der Waals surface area contributed by atoms with Gasteiger partial charge in [0.05, 0.1) is 11.6 Å². The lowest BCUT2D eigenvalue weighted by Gasteiger charge is -2.23. The van der Waals surface area contributed by atoms with Crippen LogP contribution < -0.4 is 16.0 Å². The Labute approximate surface area is 119 Å². The standard InChI is InChI=1S/C13H15F2N3OS/c14-8-4-9(15)11-10(5-8)20-13(17-11)18-12(19)7-2-1-3-16-6-7/h4-5,7,13,16-17H,1-3,6H2,(H,18,19). The zero-order valence-corrected chi connectivity index (χ0v) is 11.5. The number of hydrogen-bond donors (Lipinski definition) is 3. The first-order valence-corrected chi connectivity index (χ1v) is 7.45. The number of hydrogen-bond acceptors (Lipinski definition) is 4. The van der Waals surface area contributed by atoms with Gasteiger partial charge in [0.25, 0.3) is 0 Å². The maximum Gasteiger partial charge on any atom is 0.226 e. The first-order chi connectivity index (χ1) is 9.63. The molecule has 2 heterocycles. The van der Waals surface area contributed by atoms with E-state index in [2.05, 4.69) is 16.0 Å². The SMILES string of the molecule is O=C(NC1Nc2c(F)cc(F)cc2S1)C1CCCNC1. The number of nitrogens with one attached hydrogen (secondary N) is 3. The van der Waals surface area contributed by atoms with Gasteiger partial charge in [-0.1, -0.05) is 11.8 Å². The number of fused-ring (bicyclic) bond motifs is 1. The molecular formula is C13H15F2N3OS. The Balaban J connectivity index is 1.64. The van der Waals surface area contributed by atoms with Crippen molar-refractivity contribution in [2.24, 2.45) is 5.92 Å². The Morgan fingerprint density at radius 3 is 3.00 bits per heavy atom. The van der Waals surface area contributed by atoms with E-state index in [0.29, 0.717) is 11.4 Å². The summed E-state index contributed by atoms with van der Waals surface area (Å²) >= 11 is 1.21. The molecule has 0 radical (unpaired) electrons. The van der Waals surface area contributed by atoms with Crippen LogP contribution in [0, 0.1) is 17.6 Å². The summed E-state index contributed by atoms with van der Waals surface area (Å²) in [5.74, 6) is -1.37. The molecule has 0 aromatic heterocycles. The molecule has 2 unspecified atom stereocenters. The van der Waals surface area contributed by atoms with Gasteiger partial charge in [-0.25, -0.2) is 8.78 Å². The predicted molar refractivity (Wildman–Crippen MR) is 73.4 cm³/mol. The van der Waals surface area contributed by atoms with Crippen molar-refractivity contribution in [3.05, 3.63) is 23.8 Å². The molecule has 7 heteroatoms. The van der Waals surface area contributed by atoms with Gasteiger partial charge in [-0.2, -0.15) is 0 Å². The second-order valence-electron chi connectivity index (χ2n) is 4.95. The first-order valence-electron chi connectivity index (χ1n) is 6.57. The molecule has 20 heavy (non-hydrogen) atoms. The van der Waals surface area contributed by atoms with Crippen LogP contribution in [0.1, 0.15) is 12.8 Å². The van der Waals surface area contributed by atoms with Gasteiger partial charge in [-0.3, -0.25) is 4.79 Å². The van der Waals surface area contributed by atoms with Crippen molar-refractivity contribution in [1.82, 2.24) is 10.6 Å². The van der Waals surface area contributed by atoms with Crippen molar-refractivity contribution in [2.45, 2.75) is 23.2 Å². The smallest absolute Gasteiger partial charge is 0.226 e. The van der Waals surface area contributed by atoms with Crippen molar-refractivity contribution < 1.29 is 13.6 Å². The highest BCUT2D eigenvalue weighted by Crippen LogP contribution is 2.39. The van der Waals surface area contributed by atoms with E-state index in [1.807, 2.05) is 0 Å². The molecule has 1 aromatic carbocycles. The topological polar surface area (TPSA) is 53.2 Å². The number of rotatable bonds is 2. The molecule has 4 nitrogen and oxygen atoms in total. The van der Waals surface area contributed by atoms with Gasteiger partial charge in [0, 0.05) is 17.5 Å². The number of thioether (sulfide) groups is 1. The van der Waals surface area contributed by atoms with E-state index in [1.165, 1.54) is 17.8 Å². The number of amides is 1. The second-order valence-corrected chi connectivity index (χ2v) is 6.10. The number of anilines is 1. The van der Waals surface area contributed by atoms with Crippen molar-refractivity contribution in [3.8, 4) is 0 Å². The van der Waals surface area contributed by atoms with Gasteiger partial charge < -0.3 is 16.0 Å². The van der Waals surface area contributed by atoms with Gasteiger partial charge in [0.2, 0.25) is 5.91 Å². The normalized spacial score (nSPS) is 24.9. The summed E-state index contributed by atoms with van der Waals surface area (Å²) in [6.07, 6.45) is 1.83. The lowest BCUT2D eigenvalue weighted by Crippen LogP contribution is -2.45. The maximum atomic E-state index is 13.6. The summed E-state index contributed by atoms with van der Waals surface area (Å²) in [6.45, 7) is 1.61. The minimum absolute atomic E-state index is 0.0588. The fraction of sp³-hybridized carbons (Fsp3) is 0.462. The Hall–Kier alpha value is -1.34. The van der Waals surface area contributed by atoms with Gasteiger partial charge in [0.1, 0.15) is 11.6 Å². The Kier molecular flexibility index (Phi) is 3.80. The third-order valence-corrected chi connectivity index (χ3v) is 4.53. The lowest BCUT2D eigenvalue weighted by molar-refractivity contribution is -0.125. The first kappa shape index (κ1) is 13.6. The Morgan fingerprint density at radius 2 is 2.25 bits per heavy atom. The number of halogens is 2. The highest BCUT2D eigenvalue weighted by Gasteiger charge is 2.29. The van der Waals surface area contributed by atoms with Crippen LogP contribution in [-0.2, 0) is 4.79 Å². The van der Waals surface area contributed by atoms with E-state index in [9.17, 15) is 13.6 Å². The van der Waals surface area contributed by atoms with Gasteiger partial charge in [-0.05, 0) is 25.5 Å². The minimum Gasteiger partial charge on any atom is -0.353 e. The quantitative estimate of drug-likeness (QED) is 0.780. The van der Waals surface area contributed by atoms with Crippen LogP contribution in [0.5, 0.6) is 0 Å². The number of carbonyl (C=O) groups is 1. The van der Waals surface area contributed by atoms with Gasteiger partial charge in [0.15, 0.2) is 5.50 Å². The molecule has 1 saturated heterocycles. The number of benzene rings is 1. The maximum absolute atomic E-state index is 13.6. The average molecular weight is 299 g/mol. The fourth-order valence-corrected chi connectivity index (χ4v) is 3.52. The van der Waals surface area contributed by atoms with Crippen LogP contribution in [-0.4, -0.2) is 24.5 Å². The van der Waals surface area contributed by atoms with E-state index >= 15 is 0 Å². The molecular weight excluding hydrogens is 284 g/mol. The monoisotopic (exact) mass is 299 g/mol. The zero-order chi connectivity index (χ0) is 14.1. The molecule has 0 aliphatic carbocycles. The van der Waals surface area contributed by atoms with Crippen LogP contribution in [0.15, 0.2) is 17.0 Å². The summed E-state index contributed by atoms with van der Waals surface area (Å²) in [4.78, 5) is 12.6. The third kappa shape index (κ3) is 2.73. The Morgan fingerprint density at radius 1 is 1.40 bits per heavy atom. The van der Waals surface area contributed by atoms with Gasteiger partial charge in [-0.15, -0.1) is 0 Å². The van der Waals surface area contributed by atoms with Crippen molar-refractivity contribution in [2.75, 3.05) is 18.4 Å². The third-order valence-electron chi connectivity index (χ3n) is 3.48. The molecule has 1 amide bonds. The van der Waals surface area contributed by atoms with Crippen LogP contribution in [0.3, 0.4) is 0 Å². The molecule has 2 aliphatic heterocycles.